The van der Waals surface area contributed by atoms with Crippen molar-refractivity contribution in [1.82, 2.24) is 5.32 Å². The maximum atomic E-state index is 11.7. The molecule has 0 fully saturated rings. The highest BCUT2D eigenvalue weighted by Gasteiger charge is 2.19. The van der Waals surface area contributed by atoms with Crippen molar-refractivity contribution in [2.45, 2.75) is 37.3 Å². The van der Waals surface area contributed by atoms with Gasteiger partial charge in [0.05, 0.1) is 19.8 Å². The van der Waals surface area contributed by atoms with E-state index >= 15 is 0 Å². The molecular weight excluding hydrogens is 408 g/mol. The molecule has 2 unspecified atom stereocenters. The van der Waals surface area contributed by atoms with Crippen molar-refractivity contribution in [3.05, 3.63) is 48.0 Å². The third-order valence-corrected chi connectivity index (χ3v) is 5.46. The Bertz CT molecular complexity index is 919. The first kappa shape index (κ1) is 23.9. The van der Waals surface area contributed by atoms with Crippen LogP contribution in [0.2, 0.25) is 0 Å². The Morgan fingerprint density at radius 1 is 1.10 bits per heavy atom. The molecule has 0 heterocycles. The van der Waals surface area contributed by atoms with Crippen molar-refractivity contribution >= 4 is 10.0 Å². The summed E-state index contributed by atoms with van der Waals surface area (Å²) in [5.41, 5.74) is 0.642. The molecule has 0 saturated carbocycles. The number of nitrogens with one attached hydrogen (secondary N) is 1. The normalized spacial score (nSPS) is 13.5. The Morgan fingerprint density at radius 3 is 2.37 bits per heavy atom. The van der Waals surface area contributed by atoms with Gasteiger partial charge in [0.2, 0.25) is 10.0 Å². The Morgan fingerprint density at radius 2 is 1.77 bits per heavy atom. The molecular formula is C21H30N2O6S. The number of methoxy groups -OCH3 is 1. The summed E-state index contributed by atoms with van der Waals surface area (Å²) in [6, 6.07) is 11.9. The number of hydrogen-bond donors (Lipinski definition) is 3. The maximum absolute atomic E-state index is 11.7. The SMILES string of the molecule is CCOc1ccccc1OCCNC(C)C(O)Cc1ccc(OC)c(S(N)(=O)=O)c1. The highest BCUT2D eigenvalue weighted by Crippen LogP contribution is 2.26. The summed E-state index contributed by atoms with van der Waals surface area (Å²) in [5, 5.41) is 18.9. The summed E-state index contributed by atoms with van der Waals surface area (Å²) >= 11 is 0. The van der Waals surface area contributed by atoms with E-state index in [1.165, 1.54) is 19.2 Å². The quantitative estimate of drug-likeness (QED) is 0.431. The molecule has 9 heteroatoms. The molecule has 4 N–H and O–H groups in total. The number of ether oxygens (including phenoxy) is 3. The number of hydrogen-bond acceptors (Lipinski definition) is 7. The van der Waals surface area contributed by atoms with E-state index in [0.29, 0.717) is 36.8 Å². The van der Waals surface area contributed by atoms with Crippen molar-refractivity contribution in [3.8, 4) is 17.2 Å². The Balaban J connectivity index is 1.87. The average molecular weight is 439 g/mol. The molecule has 2 aromatic carbocycles. The van der Waals surface area contributed by atoms with Gasteiger partial charge >= 0.3 is 0 Å². The fourth-order valence-corrected chi connectivity index (χ4v) is 3.66. The smallest absolute Gasteiger partial charge is 0.241 e. The van der Waals surface area contributed by atoms with Crippen molar-refractivity contribution in [2.75, 3.05) is 26.9 Å². The molecule has 0 aliphatic carbocycles. The summed E-state index contributed by atoms with van der Waals surface area (Å²) in [7, 11) is -2.55. The molecule has 2 rings (SSSR count). The van der Waals surface area contributed by atoms with Crippen molar-refractivity contribution in [3.63, 3.8) is 0 Å². The molecule has 0 bridgehead atoms. The van der Waals surface area contributed by atoms with Gasteiger partial charge in [-0.1, -0.05) is 18.2 Å². The highest BCUT2D eigenvalue weighted by atomic mass is 32.2. The van der Waals surface area contributed by atoms with Crippen molar-refractivity contribution in [2.24, 2.45) is 5.14 Å². The van der Waals surface area contributed by atoms with E-state index in [0.717, 1.165) is 0 Å². The second-order valence-electron chi connectivity index (χ2n) is 6.77. The van der Waals surface area contributed by atoms with Crippen LogP contribution in [0.3, 0.4) is 0 Å². The van der Waals surface area contributed by atoms with Crippen LogP contribution < -0.4 is 24.7 Å². The lowest BCUT2D eigenvalue weighted by Gasteiger charge is -2.21. The van der Waals surface area contributed by atoms with Crippen LogP contribution in [0.15, 0.2) is 47.4 Å². The van der Waals surface area contributed by atoms with Gasteiger partial charge in [-0.3, -0.25) is 0 Å². The van der Waals surface area contributed by atoms with Crippen LogP contribution in [0.1, 0.15) is 19.4 Å². The lowest BCUT2D eigenvalue weighted by Crippen LogP contribution is -2.40. The van der Waals surface area contributed by atoms with E-state index in [4.69, 9.17) is 19.3 Å². The van der Waals surface area contributed by atoms with E-state index in [-0.39, 0.29) is 23.1 Å². The zero-order valence-electron chi connectivity index (χ0n) is 17.5. The van der Waals surface area contributed by atoms with Gasteiger partial charge in [0, 0.05) is 12.6 Å². The van der Waals surface area contributed by atoms with Gasteiger partial charge in [0.25, 0.3) is 0 Å². The maximum Gasteiger partial charge on any atom is 0.241 e. The largest absolute Gasteiger partial charge is 0.495 e. The Kier molecular flexibility index (Phi) is 8.91. The Labute approximate surface area is 178 Å². The predicted molar refractivity (Wildman–Crippen MR) is 115 cm³/mol. The van der Waals surface area contributed by atoms with Gasteiger partial charge in [-0.15, -0.1) is 0 Å². The minimum Gasteiger partial charge on any atom is -0.495 e. The summed E-state index contributed by atoms with van der Waals surface area (Å²) in [6.45, 7) is 5.24. The second kappa shape index (κ2) is 11.2. The summed E-state index contributed by atoms with van der Waals surface area (Å²) in [6.07, 6.45) is -0.475. The summed E-state index contributed by atoms with van der Waals surface area (Å²) in [4.78, 5) is -0.100. The van der Waals surface area contributed by atoms with Crippen LogP contribution in [0.5, 0.6) is 17.2 Å². The summed E-state index contributed by atoms with van der Waals surface area (Å²) in [5.74, 6) is 1.53. The number of benzene rings is 2. The zero-order chi connectivity index (χ0) is 22.1. The third kappa shape index (κ3) is 6.88. The molecule has 166 valence electrons. The molecule has 0 aliphatic heterocycles. The fourth-order valence-electron chi connectivity index (χ4n) is 2.92. The van der Waals surface area contributed by atoms with Gasteiger partial charge in [0.15, 0.2) is 11.5 Å². The fraction of sp³-hybridized carbons (Fsp3) is 0.429. The summed E-state index contributed by atoms with van der Waals surface area (Å²) < 4.78 is 39.8. The van der Waals surface area contributed by atoms with E-state index in [9.17, 15) is 13.5 Å². The first-order valence-corrected chi connectivity index (χ1v) is 11.3. The number of rotatable bonds is 12. The second-order valence-corrected chi connectivity index (χ2v) is 8.30. The highest BCUT2D eigenvalue weighted by molar-refractivity contribution is 7.89. The molecule has 0 saturated heterocycles. The number of primary sulfonamides is 1. The molecule has 0 aromatic heterocycles. The molecule has 0 amide bonds. The molecule has 30 heavy (non-hydrogen) atoms. The van der Waals surface area contributed by atoms with Crippen LogP contribution in [0, 0.1) is 0 Å². The zero-order valence-corrected chi connectivity index (χ0v) is 18.3. The first-order valence-electron chi connectivity index (χ1n) is 9.72. The van der Waals surface area contributed by atoms with Crippen molar-refractivity contribution < 1.29 is 27.7 Å². The number of para-hydroxylation sites is 2. The Hall–Kier alpha value is -2.33. The van der Waals surface area contributed by atoms with Crippen LogP contribution in [-0.4, -0.2) is 52.5 Å². The standard InChI is InChI=1S/C21H30N2O6S/c1-4-28-18-7-5-6-8-19(18)29-12-11-23-15(2)17(24)13-16-9-10-20(27-3)21(14-16)30(22,25)26/h5-10,14-15,17,23-24H,4,11-13H2,1-3H3,(H2,22,25,26). The lowest BCUT2D eigenvalue weighted by molar-refractivity contribution is 0.131. The predicted octanol–water partition coefficient (Wildman–Crippen LogP) is 1.70. The molecule has 0 aliphatic rings. The molecule has 2 aromatic rings. The monoisotopic (exact) mass is 438 g/mol. The average Bonchev–Trinajstić information content (AvgIpc) is 2.71. The van der Waals surface area contributed by atoms with Gasteiger partial charge in [-0.2, -0.15) is 0 Å². The van der Waals surface area contributed by atoms with E-state index < -0.39 is 16.1 Å². The lowest BCUT2D eigenvalue weighted by atomic mass is 10.0. The molecule has 0 spiro atoms. The van der Waals surface area contributed by atoms with E-state index in [1.54, 1.807) is 6.07 Å². The van der Waals surface area contributed by atoms with Gasteiger partial charge < -0.3 is 24.6 Å². The van der Waals surface area contributed by atoms with Gasteiger partial charge in [0.1, 0.15) is 17.3 Å². The number of sulfonamides is 1. The number of aliphatic hydroxyl groups is 1. The van der Waals surface area contributed by atoms with Crippen LogP contribution in [0.4, 0.5) is 0 Å². The topological polar surface area (TPSA) is 120 Å². The van der Waals surface area contributed by atoms with Crippen molar-refractivity contribution in [1.29, 1.82) is 0 Å². The minimum atomic E-state index is -3.92. The van der Waals surface area contributed by atoms with Crippen LogP contribution >= 0.6 is 0 Å². The van der Waals surface area contributed by atoms with Crippen LogP contribution in [0.25, 0.3) is 0 Å². The van der Waals surface area contributed by atoms with Crippen LogP contribution in [-0.2, 0) is 16.4 Å². The van der Waals surface area contributed by atoms with Gasteiger partial charge in [-0.25, -0.2) is 13.6 Å². The third-order valence-electron chi connectivity index (χ3n) is 4.53. The molecule has 8 nitrogen and oxygen atoms in total. The van der Waals surface area contributed by atoms with Gasteiger partial charge in [-0.05, 0) is 50.1 Å². The number of aliphatic hydroxyl groups excluding tert-OH is 1. The molecule has 2 atom stereocenters. The van der Waals surface area contributed by atoms with E-state index in [1.807, 2.05) is 38.1 Å². The number of nitrogens with two attached hydrogens (primary N) is 1. The van der Waals surface area contributed by atoms with E-state index in [2.05, 4.69) is 5.32 Å². The minimum absolute atomic E-state index is 0.100. The first-order chi connectivity index (χ1) is 14.3. The molecule has 0 radical (unpaired) electrons.